The molecule has 0 spiro atoms. The van der Waals surface area contributed by atoms with Crippen LogP contribution in [0, 0.1) is 11.8 Å². The molecule has 0 radical (unpaired) electrons. The van der Waals surface area contributed by atoms with E-state index in [0.717, 1.165) is 45.3 Å². The van der Waals surface area contributed by atoms with Gasteiger partial charge in [-0.15, -0.1) is 0 Å². The summed E-state index contributed by atoms with van der Waals surface area (Å²) in [5.41, 5.74) is -0.969. The number of amides is 1. The summed E-state index contributed by atoms with van der Waals surface area (Å²) in [6.45, 7) is 8.31. The van der Waals surface area contributed by atoms with Gasteiger partial charge in [0.25, 0.3) is 0 Å². The molecule has 1 aliphatic carbocycles. The first kappa shape index (κ1) is 15.1. The van der Waals surface area contributed by atoms with Crippen molar-refractivity contribution >= 4 is 6.09 Å². The minimum absolute atomic E-state index is 0.185. The van der Waals surface area contributed by atoms with Gasteiger partial charge in [0.15, 0.2) is 0 Å². The van der Waals surface area contributed by atoms with Crippen LogP contribution >= 0.6 is 0 Å². The van der Waals surface area contributed by atoms with E-state index in [1.165, 1.54) is 0 Å². The molecule has 4 rings (SSSR count). The third-order valence-electron chi connectivity index (χ3n) is 5.25. The number of piperidine rings is 1. The Morgan fingerprint density at radius 2 is 2.05 bits per heavy atom. The lowest BCUT2D eigenvalue weighted by molar-refractivity contribution is -0.0383. The number of aliphatic hydroxyl groups is 1. The third-order valence-corrected chi connectivity index (χ3v) is 5.25. The van der Waals surface area contributed by atoms with Crippen molar-refractivity contribution in [3.8, 4) is 0 Å². The first-order valence-corrected chi connectivity index (χ1v) is 8.20. The zero-order valence-corrected chi connectivity index (χ0v) is 13.4. The largest absolute Gasteiger partial charge is 0.444 e. The van der Waals surface area contributed by atoms with E-state index in [1.807, 2.05) is 25.7 Å². The Labute approximate surface area is 127 Å². The van der Waals surface area contributed by atoms with Gasteiger partial charge in [0.05, 0.1) is 5.60 Å². The summed E-state index contributed by atoms with van der Waals surface area (Å²) in [6.07, 6.45) is 3.39. The molecular weight excluding hydrogens is 268 g/mol. The number of hydrogen-bond donors (Lipinski definition) is 2. The highest BCUT2D eigenvalue weighted by Gasteiger charge is 2.56. The summed E-state index contributed by atoms with van der Waals surface area (Å²) < 4.78 is 5.50. The predicted octanol–water partition coefficient (Wildman–Crippen LogP) is 1.75. The highest BCUT2D eigenvalue weighted by molar-refractivity contribution is 5.69. The minimum atomic E-state index is -0.531. The molecule has 1 unspecified atom stereocenters. The van der Waals surface area contributed by atoms with E-state index in [1.54, 1.807) is 0 Å². The molecule has 5 nitrogen and oxygen atoms in total. The Morgan fingerprint density at radius 1 is 1.38 bits per heavy atom. The highest BCUT2D eigenvalue weighted by atomic mass is 16.6. The van der Waals surface area contributed by atoms with Gasteiger partial charge in [-0.3, -0.25) is 0 Å². The smallest absolute Gasteiger partial charge is 0.410 e. The maximum absolute atomic E-state index is 12.2. The van der Waals surface area contributed by atoms with E-state index < -0.39 is 11.2 Å². The molecule has 5 heteroatoms. The predicted molar refractivity (Wildman–Crippen MR) is 80.0 cm³/mol. The summed E-state index contributed by atoms with van der Waals surface area (Å²) in [4.78, 5) is 14.1. The zero-order chi connectivity index (χ0) is 15.3. The minimum Gasteiger partial charge on any atom is -0.444 e. The van der Waals surface area contributed by atoms with Crippen molar-refractivity contribution < 1.29 is 14.6 Å². The van der Waals surface area contributed by atoms with E-state index in [9.17, 15) is 9.90 Å². The van der Waals surface area contributed by atoms with Crippen molar-refractivity contribution in [1.29, 1.82) is 0 Å². The lowest BCUT2D eigenvalue weighted by atomic mass is 9.67. The second kappa shape index (κ2) is 5.13. The Balaban J connectivity index is 1.58. The highest BCUT2D eigenvalue weighted by Crippen LogP contribution is 2.50. The monoisotopic (exact) mass is 296 g/mol. The van der Waals surface area contributed by atoms with Crippen molar-refractivity contribution in [2.45, 2.75) is 63.7 Å². The molecule has 120 valence electrons. The van der Waals surface area contributed by atoms with Gasteiger partial charge in [-0.05, 0) is 71.4 Å². The van der Waals surface area contributed by atoms with E-state index in [-0.39, 0.29) is 12.1 Å². The Bertz CT molecular complexity index is 412. The normalized spacial score (nSPS) is 34.5. The first-order valence-electron chi connectivity index (χ1n) is 8.20. The fourth-order valence-corrected chi connectivity index (χ4v) is 4.10. The van der Waals surface area contributed by atoms with E-state index in [0.29, 0.717) is 11.8 Å². The molecule has 2 N–H and O–H groups in total. The molecule has 1 amide bonds. The molecule has 3 heterocycles. The standard InChI is InChI=1S/C16H28N2O3/c1-15(2,3)21-14(19)18-10-11-8-13(18)12(11)9-16(20)4-6-17-7-5-16/h11-13,17,20H,4-10H2,1-3H3/t11-,12?,13-/m0/s1. The molecule has 2 bridgehead atoms. The van der Waals surface area contributed by atoms with Crippen molar-refractivity contribution in [2.75, 3.05) is 19.6 Å². The number of carbonyl (C=O) groups is 1. The van der Waals surface area contributed by atoms with Crippen LogP contribution in [0.4, 0.5) is 4.79 Å². The quantitative estimate of drug-likeness (QED) is 0.815. The van der Waals surface area contributed by atoms with Crippen LogP contribution in [0.2, 0.25) is 0 Å². The third kappa shape index (κ3) is 3.04. The number of hydrogen-bond acceptors (Lipinski definition) is 4. The Morgan fingerprint density at radius 3 is 2.67 bits per heavy atom. The first-order chi connectivity index (χ1) is 9.77. The van der Waals surface area contributed by atoms with Gasteiger partial charge in [-0.25, -0.2) is 4.79 Å². The molecule has 3 aliphatic heterocycles. The van der Waals surface area contributed by atoms with Crippen molar-refractivity contribution in [3.63, 3.8) is 0 Å². The SMILES string of the molecule is CC(C)(C)OC(=O)N1C[C@@H]2C[C@H]1C2CC1(O)CCNCC1. The average molecular weight is 296 g/mol. The summed E-state index contributed by atoms with van der Waals surface area (Å²) in [7, 11) is 0. The van der Waals surface area contributed by atoms with E-state index in [2.05, 4.69) is 5.32 Å². The summed E-state index contributed by atoms with van der Waals surface area (Å²) in [6, 6.07) is 0.281. The molecular formula is C16H28N2O3. The van der Waals surface area contributed by atoms with Crippen LogP contribution in [0.5, 0.6) is 0 Å². The maximum Gasteiger partial charge on any atom is 0.410 e. The van der Waals surface area contributed by atoms with E-state index >= 15 is 0 Å². The second-order valence-electron chi connectivity index (χ2n) is 8.04. The molecule has 3 atom stereocenters. The van der Waals surface area contributed by atoms with Gasteiger partial charge in [-0.2, -0.15) is 0 Å². The van der Waals surface area contributed by atoms with Gasteiger partial charge in [0, 0.05) is 12.6 Å². The zero-order valence-electron chi connectivity index (χ0n) is 13.4. The Kier molecular flexibility index (Phi) is 3.69. The van der Waals surface area contributed by atoms with Gasteiger partial charge in [0.2, 0.25) is 0 Å². The van der Waals surface area contributed by atoms with Crippen LogP contribution < -0.4 is 5.32 Å². The van der Waals surface area contributed by atoms with Crippen molar-refractivity contribution in [1.82, 2.24) is 10.2 Å². The van der Waals surface area contributed by atoms with Crippen LogP contribution in [0.1, 0.15) is 46.5 Å². The number of carbonyl (C=O) groups excluding carboxylic acids is 1. The van der Waals surface area contributed by atoms with Gasteiger partial charge < -0.3 is 20.1 Å². The topological polar surface area (TPSA) is 61.8 Å². The second-order valence-corrected chi connectivity index (χ2v) is 8.04. The summed E-state index contributed by atoms with van der Waals surface area (Å²) in [5, 5.41) is 14.0. The van der Waals surface area contributed by atoms with Gasteiger partial charge in [-0.1, -0.05) is 0 Å². The van der Waals surface area contributed by atoms with Gasteiger partial charge in [0.1, 0.15) is 5.60 Å². The average Bonchev–Trinajstić information content (AvgIpc) is 2.93. The van der Waals surface area contributed by atoms with Gasteiger partial charge >= 0.3 is 6.09 Å². The molecule has 0 aromatic heterocycles. The molecule has 1 saturated carbocycles. The van der Waals surface area contributed by atoms with Crippen molar-refractivity contribution in [2.24, 2.45) is 11.8 Å². The molecule has 3 saturated heterocycles. The molecule has 0 aromatic carbocycles. The van der Waals surface area contributed by atoms with Crippen LogP contribution in [0.3, 0.4) is 0 Å². The van der Waals surface area contributed by atoms with Crippen LogP contribution in [-0.4, -0.2) is 53.0 Å². The van der Waals surface area contributed by atoms with Crippen LogP contribution in [0.25, 0.3) is 0 Å². The number of nitrogens with one attached hydrogen (secondary N) is 1. The molecule has 21 heavy (non-hydrogen) atoms. The molecule has 0 aromatic rings. The number of ether oxygens (including phenoxy) is 1. The van der Waals surface area contributed by atoms with E-state index in [4.69, 9.17) is 4.74 Å². The van der Waals surface area contributed by atoms with Crippen LogP contribution in [-0.2, 0) is 4.74 Å². The molecule has 4 fully saturated rings. The van der Waals surface area contributed by atoms with Crippen LogP contribution in [0.15, 0.2) is 0 Å². The number of rotatable bonds is 2. The number of nitrogens with zero attached hydrogens (tertiary/aromatic N) is 1. The molecule has 4 aliphatic rings. The number of fused-ring (bicyclic) bond motifs is 1. The summed E-state index contributed by atoms with van der Waals surface area (Å²) >= 11 is 0. The Hall–Kier alpha value is -0.810. The lowest BCUT2D eigenvalue weighted by Crippen LogP contribution is -2.49. The van der Waals surface area contributed by atoms with Crippen molar-refractivity contribution in [3.05, 3.63) is 0 Å². The maximum atomic E-state index is 12.2. The summed E-state index contributed by atoms with van der Waals surface area (Å²) in [5.74, 6) is 1.02. The fraction of sp³-hybridized carbons (Fsp3) is 0.938. The lowest BCUT2D eigenvalue weighted by Gasteiger charge is -2.43. The fourth-order valence-electron chi connectivity index (χ4n) is 4.10.